The Morgan fingerprint density at radius 1 is 0.966 bits per heavy atom. The summed E-state index contributed by atoms with van der Waals surface area (Å²) < 4.78 is 0. The van der Waals surface area contributed by atoms with Gasteiger partial charge >= 0.3 is 0 Å². The van der Waals surface area contributed by atoms with Crippen molar-refractivity contribution in [1.29, 1.82) is 0 Å². The number of nitrogens with zero attached hydrogens (tertiary/aromatic N) is 5. The van der Waals surface area contributed by atoms with E-state index in [9.17, 15) is 4.79 Å². The molecule has 2 saturated heterocycles. The van der Waals surface area contributed by atoms with Gasteiger partial charge in [0.2, 0.25) is 11.9 Å². The highest BCUT2D eigenvalue weighted by molar-refractivity contribution is 5.73. The number of amides is 1. The molecule has 0 unspecified atom stereocenters. The molecule has 0 bridgehead atoms. The number of hydrogen-bond acceptors (Lipinski definition) is 6. The van der Waals surface area contributed by atoms with Crippen molar-refractivity contribution in [3.8, 4) is 0 Å². The molecule has 2 aliphatic rings. The number of hydrogen-bond donors (Lipinski definition) is 1. The number of piperazine rings is 1. The lowest BCUT2D eigenvalue weighted by atomic mass is 9.99. The molecule has 0 spiro atoms. The first-order valence-corrected chi connectivity index (χ1v) is 10.5. The highest BCUT2D eigenvalue weighted by Crippen LogP contribution is 2.25. The van der Waals surface area contributed by atoms with E-state index in [1.807, 2.05) is 11.0 Å². The van der Waals surface area contributed by atoms with E-state index in [1.165, 1.54) is 18.5 Å². The maximum Gasteiger partial charge on any atom is 0.227 e. The molecule has 4 rings (SSSR count). The molecule has 7 nitrogen and oxygen atoms in total. The third-order valence-corrected chi connectivity index (χ3v) is 5.94. The zero-order valence-electron chi connectivity index (χ0n) is 17.3. The highest BCUT2D eigenvalue weighted by Gasteiger charge is 2.20. The van der Waals surface area contributed by atoms with Crippen molar-refractivity contribution in [1.82, 2.24) is 14.9 Å². The Labute approximate surface area is 172 Å². The number of benzene rings is 1. The smallest absolute Gasteiger partial charge is 0.227 e. The van der Waals surface area contributed by atoms with Gasteiger partial charge in [-0.3, -0.25) is 4.79 Å². The summed E-state index contributed by atoms with van der Waals surface area (Å²) >= 11 is 0. The van der Waals surface area contributed by atoms with Crippen LogP contribution in [-0.4, -0.2) is 60.0 Å². The third kappa shape index (κ3) is 4.78. The number of carbonyl (C=O) groups is 1. The maximum absolute atomic E-state index is 11.5. The summed E-state index contributed by atoms with van der Waals surface area (Å²) in [6.45, 7) is 9.18. The fourth-order valence-corrected chi connectivity index (χ4v) is 3.96. The van der Waals surface area contributed by atoms with Crippen molar-refractivity contribution in [2.75, 3.05) is 54.4 Å². The lowest BCUT2D eigenvalue weighted by molar-refractivity contribution is -0.129. The maximum atomic E-state index is 11.5. The minimum absolute atomic E-state index is 0.128. The topological polar surface area (TPSA) is 64.6 Å². The monoisotopic (exact) mass is 394 g/mol. The van der Waals surface area contributed by atoms with Gasteiger partial charge in [0.1, 0.15) is 5.82 Å². The largest absolute Gasteiger partial charge is 0.372 e. The number of aromatic nitrogens is 2. The van der Waals surface area contributed by atoms with Crippen LogP contribution in [-0.2, 0) is 4.79 Å². The molecule has 1 amide bonds. The van der Waals surface area contributed by atoms with E-state index in [4.69, 9.17) is 0 Å². The molecular weight excluding hydrogens is 364 g/mol. The molecule has 29 heavy (non-hydrogen) atoms. The molecular formula is C22H30N6O. The van der Waals surface area contributed by atoms with Crippen LogP contribution >= 0.6 is 0 Å². The molecule has 1 N–H and O–H groups in total. The lowest BCUT2D eigenvalue weighted by Crippen LogP contribution is -2.48. The molecule has 0 saturated carbocycles. The van der Waals surface area contributed by atoms with E-state index in [2.05, 4.69) is 56.3 Å². The lowest BCUT2D eigenvalue weighted by Gasteiger charge is -2.34. The number of piperidine rings is 1. The first-order valence-electron chi connectivity index (χ1n) is 10.5. The third-order valence-electron chi connectivity index (χ3n) is 5.94. The Morgan fingerprint density at radius 2 is 1.66 bits per heavy atom. The Morgan fingerprint density at radius 3 is 2.31 bits per heavy atom. The minimum atomic E-state index is 0.128. The molecule has 154 valence electrons. The van der Waals surface area contributed by atoms with E-state index in [0.717, 1.165) is 43.6 Å². The number of nitrogens with one attached hydrogen (secondary N) is 1. The van der Waals surface area contributed by atoms with Crippen LogP contribution in [0, 0.1) is 5.92 Å². The van der Waals surface area contributed by atoms with Gasteiger partial charge in [0.25, 0.3) is 0 Å². The Balaban J connectivity index is 1.37. The SMILES string of the molecule is CC(=O)N1CCN(c2nccc(Nc3ccc(N4CCC(C)CC4)cc3)n2)CC1. The summed E-state index contributed by atoms with van der Waals surface area (Å²) in [5.74, 6) is 2.45. The average molecular weight is 395 g/mol. The van der Waals surface area contributed by atoms with Gasteiger partial charge in [-0.05, 0) is 49.1 Å². The predicted octanol–water partition coefficient (Wildman–Crippen LogP) is 3.13. The summed E-state index contributed by atoms with van der Waals surface area (Å²) in [7, 11) is 0. The van der Waals surface area contributed by atoms with E-state index in [0.29, 0.717) is 19.0 Å². The van der Waals surface area contributed by atoms with E-state index in [-0.39, 0.29) is 5.91 Å². The summed E-state index contributed by atoms with van der Waals surface area (Å²) in [5.41, 5.74) is 2.30. The van der Waals surface area contributed by atoms with Gasteiger partial charge in [-0.15, -0.1) is 0 Å². The van der Waals surface area contributed by atoms with E-state index in [1.54, 1.807) is 13.1 Å². The van der Waals surface area contributed by atoms with Crippen molar-refractivity contribution in [3.63, 3.8) is 0 Å². The van der Waals surface area contributed by atoms with Gasteiger partial charge in [-0.1, -0.05) is 6.92 Å². The predicted molar refractivity (Wildman–Crippen MR) is 117 cm³/mol. The van der Waals surface area contributed by atoms with Gasteiger partial charge in [0.05, 0.1) is 0 Å². The minimum Gasteiger partial charge on any atom is -0.372 e. The molecule has 2 aliphatic heterocycles. The van der Waals surface area contributed by atoms with Crippen LogP contribution in [0.1, 0.15) is 26.7 Å². The molecule has 1 aromatic heterocycles. The molecule has 3 heterocycles. The fourth-order valence-electron chi connectivity index (χ4n) is 3.96. The second kappa shape index (κ2) is 8.68. The zero-order chi connectivity index (χ0) is 20.2. The van der Waals surface area contributed by atoms with Crippen LogP contribution in [0.15, 0.2) is 36.5 Å². The second-order valence-corrected chi connectivity index (χ2v) is 8.08. The van der Waals surface area contributed by atoms with Crippen LogP contribution in [0.2, 0.25) is 0 Å². The van der Waals surface area contributed by atoms with Crippen LogP contribution in [0.25, 0.3) is 0 Å². The first kappa shape index (κ1) is 19.5. The second-order valence-electron chi connectivity index (χ2n) is 8.08. The van der Waals surface area contributed by atoms with Crippen LogP contribution in [0.5, 0.6) is 0 Å². The fraction of sp³-hybridized carbons (Fsp3) is 0.500. The summed E-state index contributed by atoms with van der Waals surface area (Å²) in [6, 6.07) is 10.5. The summed E-state index contributed by atoms with van der Waals surface area (Å²) in [6.07, 6.45) is 4.32. The quantitative estimate of drug-likeness (QED) is 0.860. The average Bonchev–Trinajstić information content (AvgIpc) is 2.75. The Kier molecular flexibility index (Phi) is 5.83. The van der Waals surface area contributed by atoms with Crippen LogP contribution in [0.3, 0.4) is 0 Å². The van der Waals surface area contributed by atoms with Gasteiger partial charge in [-0.25, -0.2) is 4.98 Å². The molecule has 0 atom stereocenters. The summed E-state index contributed by atoms with van der Waals surface area (Å²) in [5, 5.41) is 3.39. The molecule has 0 aliphatic carbocycles. The van der Waals surface area contributed by atoms with Crippen LogP contribution < -0.4 is 15.1 Å². The van der Waals surface area contributed by atoms with Crippen molar-refractivity contribution in [2.24, 2.45) is 5.92 Å². The van der Waals surface area contributed by atoms with Crippen molar-refractivity contribution in [2.45, 2.75) is 26.7 Å². The van der Waals surface area contributed by atoms with Crippen LogP contribution in [0.4, 0.5) is 23.1 Å². The van der Waals surface area contributed by atoms with Crippen molar-refractivity contribution < 1.29 is 4.79 Å². The van der Waals surface area contributed by atoms with Gasteiger partial charge in [0, 0.05) is 63.8 Å². The number of rotatable bonds is 4. The highest BCUT2D eigenvalue weighted by atomic mass is 16.2. The van der Waals surface area contributed by atoms with Gasteiger partial charge < -0.3 is 20.0 Å². The number of anilines is 4. The summed E-state index contributed by atoms with van der Waals surface area (Å²) in [4.78, 5) is 27.1. The first-order chi connectivity index (χ1) is 14.1. The van der Waals surface area contributed by atoms with Gasteiger partial charge in [-0.2, -0.15) is 4.98 Å². The Hall–Kier alpha value is -2.83. The Bertz CT molecular complexity index is 823. The molecule has 0 radical (unpaired) electrons. The number of carbonyl (C=O) groups excluding carboxylic acids is 1. The van der Waals surface area contributed by atoms with E-state index >= 15 is 0 Å². The van der Waals surface area contributed by atoms with E-state index < -0.39 is 0 Å². The van der Waals surface area contributed by atoms with Crippen molar-refractivity contribution >= 4 is 29.0 Å². The molecule has 7 heteroatoms. The molecule has 2 fully saturated rings. The standard InChI is InChI=1S/C22H30N6O/c1-17-8-11-27(12-9-17)20-5-3-19(4-6-20)24-21-7-10-23-22(25-21)28-15-13-26(14-16-28)18(2)29/h3-7,10,17H,8-9,11-16H2,1-2H3,(H,23,24,25). The zero-order valence-corrected chi connectivity index (χ0v) is 17.3. The molecule has 2 aromatic rings. The normalized spacial score (nSPS) is 18.1. The van der Waals surface area contributed by atoms with Gasteiger partial charge in [0.15, 0.2) is 0 Å². The van der Waals surface area contributed by atoms with Crippen molar-refractivity contribution in [3.05, 3.63) is 36.5 Å². The molecule has 1 aromatic carbocycles.